The van der Waals surface area contributed by atoms with Crippen LogP contribution in [0.4, 0.5) is 0 Å². The number of carbonyl (C=O) groups excluding carboxylic acids is 1. The molecular weight excluding hydrogens is 168 g/mol. The average molecular weight is 186 g/mol. The van der Waals surface area contributed by atoms with Crippen molar-refractivity contribution in [3.63, 3.8) is 0 Å². The molecule has 0 radical (unpaired) electrons. The molecule has 3 heteroatoms. The number of ether oxygens (including phenoxy) is 1. The van der Waals surface area contributed by atoms with Crippen molar-refractivity contribution in [2.45, 2.75) is 45.8 Å². The lowest BCUT2D eigenvalue weighted by Crippen LogP contribution is -2.31. The van der Waals surface area contributed by atoms with E-state index < -0.39 is 6.10 Å². The first-order chi connectivity index (χ1) is 6.00. The molecule has 1 N–H and O–H groups in total. The van der Waals surface area contributed by atoms with Gasteiger partial charge in [-0.2, -0.15) is 0 Å². The molecule has 76 valence electrons. The van der Waals surface area contributed by atoms with Crippen LogP contribution < -0.4 is 0 Å². The van der Waals surface area contributed by atoms with E-state index in [4.69, 9.17) is 4.74 Å². The molecule has 0 spiro atoms. The van der Waals surface area contributed by atoms with E-state index in [-0.39, 0.29) is 18.0 Å². The van der Waals surface area contributed by atoms with E-state index in [0.717, 1.165) is 0 Å². The molecule has 0 aliphatic carbocycles. The number of rotatable bonds is 3. The fourth-order valence-corrected chi connectivity index (χ4v) is 1.77. The first kappa shape index (κ1) is 10.5. The van der Waals surface area contributed by atoms with E-state index in [1.54, 1.807) is 0 Å². The zero-order valence-electron chi connectivity index (χ0n) is 8.49. The number of carbonyl (C=O) groups is 1. The van der Waals surface area contributed by atoms with Gasteiger partial charge in [0.25, 0.3) is 0 Å². The number of aliphatic hydroxyl groups excluding tert-OH is 1. The van der Waals surface area contributed by atoms with Gasteiger partial charge in [-0.3, -0.25) is 4.79 Å². The zero-order valence-corrected chi connectivity index (χ0v) is 8.49. The number of hydrogen-bond acceptors (Lipinski definition) is 3. The molecule has 0 unspecified atom stereocenters. The summed E-state index contributed by atoms with van der Waals surface area (Å²) < 4.78 is 5.05. The first-order valence-corrected chi connectivity index (χ1v) is 4.88. The molecule has 0 bridgehead atoms. The Labute approximate surface area is 79.1 Å². The quantitative estimate of drug-likeness (QED) is 0.677. The van der Waals surface area contributed by atoms with Gasteiger partial charge >= 0.3 is 5.97 Å². The maximum Gasteiger partial charge on any atom is 0.306 e. The summed E-state index contributed by atoms with van der Waals surface area (Å²) in [4.78, 5) is 10.9. The number of hydrogen-bond donors (Lipinski definition) is 1. The van der Waals surface area contributed by atoms with Crippen molar-refractivity contribution >= 4 is 5.97 Å². The minimum absolute atomic E-state index is 0.154. The standard InChI is InChI=1S/C10H18O3/c1-6(2)4-8(11)10-7(3)5-9(12)13-10/h6-8,10-11H,4-5H2,1-3H3/t7-,8-,10+/m0/s1. The van der Waals surface area contributed by atoms with Gasteiger partial charge < -0.3 is 9.84 Å². The second-order valence-electron chi connectivity index (χ2n) is 4.33. The van der Waals surface area contributed by atoms with E-state index in [9.17, 15) is 9.90 Å². The molecule has 1 aliphatic heterocycles. The molecule has 0 saturated carbocycles. The molecule has 1 heterocycles. The predicted molar refractivity (Wildman–Crippen MR) is 49.1 cm³/mol. The summed E-state index contributed by atoms with van der Waals surface area (Å²) in [5, 5.41) is 9.73. The van der Waals surface area contributed by atoms with Crippen LogP contribution in [0.3, 0.4) is 0 Å². The average Bonchev–Trinajstić information content (AvgIpc) is 2.28. The monoisotopic (exact) mass is 186 g/mol. The molecule has 0 amide bonds. The van der Waals surface area contributed by atoms with Crippen molar-refractivity contribution < 1.29 is 14.6 Å². The normalized spacial score (nSPS) is 30.7. The van der Waals surface area contributed by atoms with Crippen LogP contribution in [0.2, 0.25) is 0 Å². The Kier molecular flexibility index (Phi) is 3.31. The highest BCUT2D eigenvalue weighted by Gasteiger charge is 2.36. The second-order valence-corrected chi connectivity index (χ2v) is 4.33. The Morgan fingerprint density at radius 2 is 2.23 bits per heavy atom. The molecule has 13 heavy (non-hydrogen) atoms. The summed E-state index contributed by atoms with van der Waals surface area (Å²) in [5.74, 6) is 0.406. The molecule has 3 atom stereocenters. The number of cyclic esters (lactones) is 1. The van der Waals surface area contributed by atoms with Crippen molar-refractivity contribution in [2.75, 3.05) is 0 Å². The van der Waals surface area contributed by atoms with Gasteiger partial charge in [-0.15, -0.1) is 0 Å². The lowest BCUT2D eigenvalue weighted by atomic mass is 9.94. The summed E-state index contributed by atoms with van der Waals surface area (Å²) in [5.41, 5.74) is 0. The molecule has 1 fully saturated rings. The van der Waals surface area contributed by atoms with Crippen LogP contribution in [0.5, 0.6) is 0 Å². The summed E-state index contributed by atoms with van der Waals surface area (Å²) in [6.45, 7) is 6.04. The Balaban J connectivity index is 2.47. The maximum absolute atomic E-state index is 10.9. The summed E-state index contributed by atoms with van der Waals surface area (Å²) >= 11 is 0. The van der Waals surface area contributed by atoms with Crippen LogP contribution >= 0.6 is 0 Å². The smallest absolute Gasteiger partial charge is 0.306 e. The van der Waals surface area contributed by atoms with Crippen molar-refractivity contribution in [3.8, 4) is 0 Å². The number of aliphatic hydroxyl groups is 1. The molecule has 0 aromatic heterocycles. The van der Waals surface area contributed by atoms with E-state index in [1.807, 2.05) is 20.8 Å². The van der Waals surface area contributed by atoms with Gasteiger partial charge in [0, 0.05) is 5.92 Å². The van der Waals surface area contributed by atoms with E-state index >= 15 is 0 Å². The van der Waals surface area contributed by atoms with Crippen LogP contribution in [-0.4, -0.2) is 23.3 Å². The van der Waals surface area contributed by atoms with E-state index in [1.165, 1.54) is 0 Å². The molecular formula is C10H18O3. The van der Waals surface area contributed by atoms with Crippen molar-refractivity contribution in [3.05, 3.63) is 0 Å². The highest BCUT2D eigenvalue weighted by atomic mass is 16.6. The Morgan fingerprint density at radius 3 is 2.62 bits per heavy atom. The topological polar surface area (TPSA) is 46.5 Å². The Morgan fingerprint density at radius 1 is 1.62 bits per heavy atom. The van der Waals surface area contributed by atoms with E-state index in [2.05, 4.69) is 0 Å². The van der Waals surface area contributed by atoms with Gasteiger partial charge in [0.2, 0.25) is 0 Å². The van der Waals surface area contributed by atoms with Crippen LogP contribution in [-0.2, 0) is 9.53 Å². The van der Waals surface area contributed by atoms with Gasteiger partial charge in [-0.25, -0.2) is 0 Å². The number of esters is 1. The maximum atomic E-state index is 10.9. The van der Waals surface area contributed by atoms with Crippen molar-refractivity contribution in [1.29, 1.82) is 0 Å². The van der Waals surface area contributed by atoms with Gasteiger partial charge in [-0.1, -0.05) is 20.8 Å². The van der Waals surface area contributed by atoms with Gasteiger partial charge in [0.1, 0.15) is 6.10 Å². The molecule has 0 aromatic rings. The molecule has 1 aliphatic rings. The predicted octanol–water partition coefficient (Wildman–Crippen LogP) is 1.34. The molecule has 1 rings (SSSR count). The fourth-order valence-electron chi connectivity index (χ4n) is 1.77. The zero-order chi connectivity index (χ0) is 10.0. The Hall–Kier alpha value is -0.570. The second kappa shape index (κ2) is 4.09. The Bertz CT molecular complexity index is 189. The van der Waals surface area contributed by atoms with Crippen LogP contribution in [0.15, 0.2) is 0 Å². The molecule has 1 saturated heterocycles. The summed E-state index contributed by atoms with van der Waals surface area (Å²) in [6.07, 6.45) is 0.360. The lowest BCUT2D eigenvalue weighted by Gasteiger charge is -2.21. The van der Waals surface area contributed by atoms with Gasteiger partial charge in [0.05, 0.1) is 12.5 Å². The molecule has 3 nitrogen and oxygen atoms in total. The van der Waals surface area contributed by atoms with Gasteiger partial charge in [-0.05, 0) is 12.3 Å². The minimum atomic E-state index is -0.499. The van der Waals surface area contributed by atoms with Crippen molar-refractivity contribution in [2.24, 2.45) is 11.8 Å². The van der Waals surface area contributed by atoms with E-state index in [0.29, 0.717) is 18.8 Å². The summed E-state index contributed by atoms with van der Waals surface area (Å²) in [6, 6.07) is 0. The lowest BCUT2D eigenvalue weighted by molar-refractivity contribution is -0.146. The third-order valence-corrected chi connectivity index (χ3v) is 2.41. The highest BCUT2D eigenvalue weighted by Crippen LogP contribution is 2.26. The fraction of sp³-hybridized carbons (Fsp3) is 0.900. The van der Waals surface area contributed by atoms with Gasteiger partial charge in [0.15, 0.2) is 0 Å². The highest BCUT2D eigenvalue weighted by molar-refractivity contribution is 5.72. The third kappa shape index (κ3) is 2.69. The van der Waals surface area contributed by atoms with Crippen LogP contribution in [0.25, 0.3) is 0 Å². The SMILES string of the molecule is CC(C)C[C@H](O)[C@@H]1OC(=O)C[C@@H]1C. The summed E-state index contributed by atoms with van der Waals surface area (Å²) in [7, 11) is 0. The molecule has 0 aromatic carbocycles. The van der Waals surface area contributed by atoms with Crippen LogP contribution in [0, 0.1) is 11.8 Å². The van der Waals surface area contributed by atoms with Crippen molar-refractivity contribution in [1.82, 2.24) is 0 Å². The largest absolute Gasteiger partial charge is 0.459 e. The third-order valence-electron chi connectivity index (χ3n) is 2.41. The van der Waals surface area contributed by atoms with Crippen LogP contribution in [0.1, 0.15) is 33.6 Å². The minimum Gasteiger partial charge on any atom is -0.459 e. The first-order valence-electron chi connectivity index (χ1n) is 4.88.